The third kappa shape index (κ3) is 9.75. The van der Waals surface area contributed by atoms with Crippen molar-refractivity contribution in [3.63, 3.8) is 0 Å². The summed E-state index contributed by atoms with van der Waals surface area (Å²) < 4.78 is 5.48. The Balaban J connectivity index is 1.96. The second-order valence-corrected chi connectivity index (χ2v) is 9.23. The Labute approximate surface area is 196 Å². The number of morpholine rings is 1. The molecule has 31 heavy (non-hydrogen) atoms. The minimum atomic E-state index is 0.469. The Kier molecular flexibility index (Phi) is 12.2. The van der Waals surface area contributed by atoms with E-state index in [0.29, 0.717) is 6.04 Å². The highest BCUT2D eigenvalue weighted by Gasteiger charge is 2.16. The molecule has 1 aliphatic heterocycles. The van der Waals surface area contributed by atoms with E-state index >= 15 is 0 Å². The average molecular weight is 449 g/mol. The molecule has 1 unspecified atom stereocenters. The summed E-state index contributed by atoms with van der Waals surface area (Å²) in [6.07, 6.45) is 7.26. The van der Waals surface area contributed by atoms with Crippen LogP contribution in [0.25, 0.3) is 0 Å². The van der Waals surface area contributed by atoms with E-state index in [1.54, 1.807) is 0 Å². The topological polar surface area (TPSA) is 31.0 Å². The first-order valence-corrected chi connectivity index (χ1v) is 12.6. The summed E-state index contributed by atoms with van der Waals surface area (Å²) in [6, 6.07) is 9.31. The standard InChI is InChI=1S/C25H44N4OS/c1-5-7-8-10-23(6-2)26-25(31)29(16-9-15-28-17-19-30-20-18-28)21-22-11-13-24(14-12-22)27(3)4/h11-14,23H,5-10,15-21H2,1-4H3,(H,26,31). The van der Waals surface area contributed by atoms with Crippen molar-refractivity contribution in [2.24, 2.45) is 0 Å². The first kappa shape index (κ1) is 25.9. The van der Waals surface area contributed by atoms with Crippen molar-refractivity contribution in [2.75, 3.05) is 58.4 Å². The highest BCUT2D eigenvalue weighted by Crippen LogP contribution is 2.15. The van der Waals surface area contributed by atoms with Crippen LogP contribution in [-0.4, -0.2) is 74.4 Å². The molecule has 0 aromatic heterocycles. The maximum absolute atomic E-state index is 5.91. The number of hydrogen-bond acceptors (Lipinski definition) is 4. The Morgan fingerprint density at radius 1 is 1.10 bits per heavy atom. The van der Waals surface area contributed by atoms with Gasteiger partial charge in [0.25, 0.3) is 0 Å². The van der Waals surface area contributed by atoms with Gasteiger partial charge in [0.15, 0.2) is 5.11 Å². The molecule has 1 N–H and O–H groups in total. The minimum absolute atomic E-state index is 0.469. The number of nitrogens with zero attached hydrogens (tertiary/aromatic N) is 3. The van der Waals surface area contributed by atoms with E-state index in [1.165, 1.54) is 36.9 Å². The van der Waals surface area contributed by atoms with Gasteiger partial charge in [-0.3, -0.25) is 4.90 Å². The number of thiocarbonyl (C=S) groups is 1. The molecule has 0 radical (unpaired) electrons. The fraction of sp³-hybridized carbons (Fsp3) is 0.720. The predicted molar refractivity (Wildman–Crippen MR) is 137 cm³/mol. The van der Waals surface area contributed by atoms with Crippen LogP contribution < -0.4 is 10.2 Å². The van der Waals surface area contributed by atoms with Crippen LogP contribution in [0.15, 0.2) is 24.3 Å². The highest BCUT2D eigenvalue weighted by atomic mass is 32.1. The minimum Gasteiger partial charge on any atom is -0.379 e. The van der Waals surface area contributed by atoms with E-state index in [4.69, 9.17) is 17.0 Å². The maximum atomic E-state index is 5.91. The summed E-state index contributed by atoms with van der Waals surface area (Å²) in [4.78, 5) is 7.00. The quantitative estimate of drug-likeness (QED) is 0.353. The average Bonchev–Trinajstić information content (AvgIpc) is 2.78. The fourth-order valence-electron chi connectivity index (χ4n) is 3.97. The first-order chi connectivity index (χ1) is 15.0. The Bertz CT molecular complexity index is 616. The van der Waals surface area contributed by atoms with E-state index < -0.39 is 0 Å². The summed E-state index contributed by atoms with van der Waals surface area (Å²) in [5.41, 5.74) is 2.53. The van der Waals surface area contributed by atoms with Crippen LogP contribution in [-0.2, 0) is 11.3 Å². The number of benzene rings is 1. The number of anilines is 1. The molecule has 5 nitrogen and oxygen atoms in total. The van der Waals surface area contributed by atoms with Crippen LogP contribution in [0, 0.1) is 0 Å². The second-order valence-electron chi connectivity index (χ2n) is 8.84. The van der Waals surface area contributed by atoms with Crippen LogP contribution in [0.5, 0.6) is 0 Å². The molecule has 1 aromatic rings. The van der Waals surface area contributed by atoms with E-state index in [2.05, 4.69) is 72.2 Å². The van der Waals surface area contributed by atoms with Gasteiger partial charge in [0.2, 0.25) is 0 Å². The maximum Gasteiger partial charge on any atom is 0.169 e. The second kappa shape index (κ2) is 14.6. The lowest BCUT2D eigenvalue weighted by molar-refractivity contribution is 0.0367. The monoisotopic (exact) mass is 448 g/mol. The van der Waals surface area contributed by atoms with E-state index in [1.807, 2.05) is 0 Å². The van der Waals surface area contributed by atoms with E-state index in [-0.39, 0.29) is 0 Å². The van der Waals surface area contributed by atoms with Gasteiger partial charge >= 0.3 is 0 Å². The van der Waals surface area contributed by atoms with Gasteiger partial charge in [-0.15, -0.1) is 0 Å². The Hall–Kier alpha value is -1.37. The van der Waals surface area contributed by atoms with Gasteiger partial charge in [-0.2, -0.15) is 0 Å². The van der Waals surface area contributed by atoms with Crippen molar-refractivity contribution in [1.29, 1.82) is 0 Å². The number of hydrogen-bond donors (Lipinski definition) is 1. The van der Waals surface area contributed by atoms with Gasteiger partial charge in [-0.1, -0.05) is 45.2 Å². The molecule has 1 aliphatic rings. The van der Waals surface area contributed by atoms with Crippen molar-refractivity contribution in [2.45, 2.75) is 65.0 Å². The van der Waals surface area contributed by atoms with Crippen LogP contribution in [0.2, 0.25) is 0 Å². The van der Waals surface area contributed by atoms with Crippen molar-refractivity contribution in [1.82, 2.24) is 15.1 Å². The molecule has 1 heterocycles. The molecule has 0 aliphatic carbocycles. The van der Waals surface area contributed by atoms with Crippen LogP contribution in [0.4, 0.5) is 5.69 Å². The number of ether oxygens (including phenoxy) is 1. The molecule has 1 fully saturated rings. The Morgan fingerprint density at radius 2 is 1.81 bits per heavy atom. The normalized spacial score (nSPS) is 15.5. The number of rotatable bonds is 13. The molecular weight excluding hydrogens is 404 g/mol. The fourth-order valence-corrected chi connectivity index (χ4v) is 4.29. The van der Waals surface area contributed by atoms with Crippen LogP contribution in [0.3, 0.4) is 0 Å². The lowest BCUT2D eigenvalue weighted by Gasteiger charge is -2.31. The smallest absolute Gasteiger partial charge is 0.169 e. The third-order valence-corrected chi connectivity index (χ3v) is 6.47. The van der Waals surface area contributed by atoms with E-state index in [0.717, 1.165) is 63.9 Å². The van der Waals surface area contributed by atoms with Gasteiger partial charge in [0, 0.05) is 58.5 Å². The molecule has 0 bridgehead atoms. The van der Waals surface area contributed by atoms with Crippen LogP contribution >= 0.6 is 12.2 Å². The summed E-state index contributed by atoms with van der Waals surface area (Å²) in [5.74, 6) is 0. The zero-order valence-electron chi connectivity index (χ0n) is 20.2. The molecule has 2 rings (SSSR count). The largest absolute Gasteiger partial charge is 0.379 e. The lowest BCUT2D eigenvalue weighted by atomic mass is 10.1. The summed E-state index contributed by atoms with van der Waals surface area (Å²) in [5, 5.41) is 4.58. The molecule has 0 spiro atoms. The van der Waals surface area contributed by atoms with E-state index in [9.17, 15) is 0 Å². The van der Waals surface area contributed by atoms with Gasteiger partial charge in [-0.25, -0.2) is 0 Å². The zero-order chi connectivity index (χ0) is 22.5. The SMILES string of the molecule is CCCCCC(CC)NC(=S)N(CCCN1CCOCC1)Cc1ccc(N(C)C)cc1. The third-order valence-electron chi connectivity index (χ3n) is 6.10. The summed E-state index contributed by atoms with van der Waals surface area (Å²) >= 11 is 5.91. The van der Waals surface area contributed by atoms with Crippen molar-refractivity contribution < 1.29 is 4.74 Å². The molecule has 0 amide bonds. The number of unbranched alkanes of at least 4 members (excludes halogenated alkanes) is 2. The van der Waals surface area contributed by atoms with Crippen molar-refractivity contribution >= 4 is 23.0 Å². The predicted octanol–water partition coefficient (Wildman–Crippen LogP) is 4.51. The van der Waals surface area contributed by atoms with Crippen molar-refractivity contribution in [3.05, 3.63) is 29.8 Å². The molecular formula is C25H44N4OS. The molecule has 0 saturated carbocycles. The first-order valence-electron chi connectivity index (χ1n) is 12.1. The van der Waals surface area contributed by atoms with Crippen LogP contribution in [0.1, 0.15) is 57.9 Å². The zero-order valence-corrected chi connectivity index (χ0v) is 21.1. The van der Waals surface area contributed by atoms with Crippen molar-refractivity contribution in [3.8, 4) is 0 Å². The molecule has 1 aromatic carbocycles. The lowest BCUT2D eigenvalue weighted by Crippen LogP contribution is -2.45. The Morgan fingerprint density at radius 3 is 2.42 bits per heavy atom. The summed E-state index contributed by atoms with van der Waals surface area (Å²) in [6.45, 7) is 11.3. The number of nitrogens with one attached hydrogen (secondary N) is 1. The summed E-state index contributed by atoms with van der Waals surface area (Å²) in [7, 11) is 4.16. The molecule has 176 valence electrons. The molecule has 1 atom stereocenters. The van der Waals surface area contributed by atoms with Gasteiger partial charge < -0.3 is 19.9 Å². The van der Waals surface area contributed by atoms with Gasteiger partial charge in [0.1, 0.15) is 0 Å². The van der Waals surface area contributed by atoms with Gasteiger partial charge in [-0.05, 0) is 49.2 Å². The molecule has 6 heteroatoms. The van der Waals surface area contributed by atoms with Gasteiger partial charge in [0.05, 0.1) is 13.2 Å². The molecule has 1 saturated heterocycles. The highest BCUT2D eigenvalue weighted by molar-refractivity contribution is 7.80.